The molecule has 0 aromatic heterocycles. The van der Waals surface area contributed by atoms with Crippen molar-refractivity contribution in [2.45, 2.75) is 174 Å². The molecule has 0 aliphatic heterocycles. The molecule has 0 aromatic carbocycles. The van der Waals surface area contributed by atoms with E-state index in [1.54, 1.807) is 0 Å². The average molecular weight is 766 g/mol. The summed E-state index contributed by atoms with van der Waals surface area (Å²) < 4.78 is 32.6. The molecule has 2 atom stereocenters. The number of hydrogen-bond acceptors (Lipinski definition) is 8. The standard InChI is InChI=1S/C43H76NO8P/c1-3-5-7-9-11-13-15-17-19-20-22-23-25-27-29-31-33-35-42(45)49-39-41(40-51-53(47,48)50-38-37-44)52-43(46)36-34-32-30-28-26-24-21-18-16-14-12-10-8-6-4-2/h12,14,18,21-23,26-29,41H,3-11,13,15-17,19-20,24-25,30-40,44H2,1-2H3,(H,47,48)/b14-12+,21-18+,23-22+,28-26+,29-27+/t41-/m1/s1. The predicted octanol–water partition coefficient (Wildman–Crippen LogP) is 11.7. The summed E-state index contributed by atoms with van der Waals surface area (Å²) in [4.78, 5) is 34.8. The van der Waals surface area contributed by atoms with E-state index in [1.165, 1.54) is 77.0 Å². The number of ether oxygens (including phenoxy) is 2. The molecule has 0 spiro atoms. The van der Waals surface area contributed by atoms with Crippen molar-refractivity contribution in [3.63, 3.8) is 0 Å². The molecule has 0 rings (SSSR count). The molecule has 0 bridgehead atoms. The largest absolute Gasteiger partial charge is 0.472 e. The zero-order valence-electron chi connectivity index (χ0n) is 33.5. The van der Waals surface area contributed by atoms with E-state index in [4.69, 9.17) is 24.3 Å². The second-order valence-electron chi connectivity index (χ2n) is 13.5. The lowest BCUT2D eigenvalue weighted by molar-refractivity contribution is -0.161. The van der Waals surface area contributed by atoms with Gasteiger partial charge in [-0.25, -0.2) is 4.57 Å². The van der Waals surface area contributed by atoms with Crippen LogP contribution in [0.2, 0.25) is 0 Å². The Morgan fingerprint density at radius 2 is 1.00 bits per heavy atom. The number of esters is 2. The molecule has 306 valence electrons. The summed E-state index contributed by atoms with van der Waals surface area (Å²) in [5.74, 6) is -0.931. The van der Waals surface area contributed by atoms with Crippen molar-refractivity contribution in [3.05, 3.63) is 60.8 Å². The van der Waals surface area contributed by atoms with Gasteiger partial charge in [0.2, 0.25) is 0 Å². The van der Waals surface area contributed by atoms with Gasteiger partial charge in [0, 0.05) is 19.4 Å². The Morgan fingerprint density at radius 3 is 1.55 bits per heavy atom. The van der Waals surface area contributed by atoms with E-state index in [2.05, 4.69) is 74.6 Å². The van der Waals surface area contributed by atoms with Gasteiger partial charge in [0.1, 0.15) is 6.61 Å². The molecule has 3 N–H and O–H groups in total. The molecule has 9 nitrogen and oxygen atoms in total. The summed E-state index contributed by atoms with van der Waals surface area (Å²) in [5, 5.41) is 0. The maximum atomic E-state index is 12.5. The molecule has 0 fully saturated rings. The molecular formula is C43H76NO8P. The summed E-state index contributed by atoms with van der Waals surface area (Å²) >= 11 is 0. The second-order valence-corrected chi connectivity index (χ2v) is 14.9. The van der Waals surface area contributed by atoms with Gasteiger partial charge in [-0.1, -0.05) is 139 Å². The minimum atomic E-state index is -4.40. The van der Waals surface area contributed by atoms with Crippen LogP contribution < -0.4 is 5.73 Å². The fourth-order valence-corrected chi connectivity index (χ4v) is 6.03. The fraction of sp³-hybridized carbons (Fsp3) is 0.721. The van der Waals surface area contributed by atoms with Crippen LogP contribution in [-0.4, -0.2) is 49.3 Å². The molecular weight excluding hydrogens is 689 g/mol. The van der Waals surface area contributed by atoms with Gasteiger partial charge in [0.05, 0.1) is 13.2 Å². The van der Waals surface area contributed by atoms with Crippen molar-refractivity contribution in [1.29, 1.82) is 0 Å². The summed E-state index contributed by atoms with van der Waals surface area (Å²) in [7, 11) is -4.40. The molecule has 0 aliphatic carbocycles. The Bertz CT molecular complexity index is 1050. The van der Waals surface area contributed by atoms with Crippen molar-refractivity contribution < 1.29 is 37.6 Å². The number of carbonyl (C=O) groups excluding carboxylic acids is 2. The summed E-state index contributed by atoms with van der Waals surface area (Å²) in [6, 6.07) is 0. The van der Waals surface area contributed by atoms with E-state index < -0.39 is 32.5 Å². The lowest BCUT2D eigenvalue weighted by Gasteiger charge is -2.19. The molecule has 53 heavy (non-hydrogen) atoms. The van der Waals surface area contributed by atoms with Gasteiger partial charge in [0.15, 0.2) is 6.10 Å². The molecule has 1 unspecified atom stereocenters. The summed E-state index contributed by atoms with van der Waals surface area (Å²) in [6.45, 7) is 3.59. The summed E-state index contributed by atoms with van der Waals surface area (Å²) in [6.07, 6.45) is 45.5. The quantitative estimate of drug-likeness (QED) is 0.0272. The highest BCUT2D eigenvalue weighted by Crippen LogP contribution is 2.43. The maximum absolute atomic E-state index is 12.5. The van der Waals surface area contributed by atoms with Crippen LogP contribution in [0.1, 0.15) is 168 Å². The molecule has 0 saturated heterocycles. The van der Waals surface area contributed by atoms with Crippen LogP contribution in [0.25, 0.3) is 0 Å². The predicted molar refractivity (Wildman–Crippen MR) is 219 cm³/mol. The smallest absolute Gasteiger partial charge is 0.462 e. The van der Waals surface area contributed by atoms with Gasteiger partial charge in [-0.3, -0.25) is 18.6 Å². The third kappa shape index (κ3) is 39.2. The van der Waals surface area contributed by atoms with Crippen LogP contribution in [0.5, 0.6) is 0 Å². The van der Waals surface area contributed by atoms with Gasteiger partial charge in [-0.05, 0) is 77.0 Å². The van der Waals surface area contributed by atoms with E-state index in [1.807, 2.05) is 0 Å². The Balaban J connectivity index is 4.32. The molecule has 0 aromatic rings. The molecule has 10 heteroatoms. The van der Waals surface area contributed by atoms with Crippen molar-refractivity contribution in [2.24, 2.45) is 5.73 Å². The number of hydrogen-bond donors (Lipinski definition) is 2. The third-order valence-corrected chi connectivity index (χ3v) is 9.36. The number of unbranched alkanes of at least 4 members (excludes halogenated alkanes) is 15. The number of carbonyl (C=O) groups is 2. The monoisotopic (exact) mass is 766 g/mol. The van der Waals surface area contributed by atoms with Crippen molar-refractivity contribution in [2.75, 3.05) is 26.4 Å². The van der Waals surface area contributed by atoms with E-state index in [-0.39, 0.29) is 32.6 Å². The van der Waals surface area contributed by atoms with Crippen molar-refractivity contribution in [1.82, 2.24) is 0 Å². The number of allylic oxidation sites excluding steroid dienone is 10. The average Bonchev–Trinajstić information content (AvgIpc) is 3.14. The van der Waals surface area contributed by atoms with Crippen LogP contribution in [0.4, 0.5) is 0 Å². The second kappa shape index (κ2) is 39.4. The SMILES string of the molecule is CCCCC/C=C/C/C=C/C/C=C/CCCCC(=O)O[C@H](COC(=O)CCC/C=C/C/C=C/CCCCCCCCCCC)COP(=O)(O)OCCN. The molecule has 0 amide bonds. The number of nitrogens with two attached hydrogens (primary N) is 1. The first kappa shape index (κ1) is 50.7. The Labute approximate surface area is 323 Å². The van der Waals surface area contributed by atoms with Crippen molar-refractivity contribution >= 4 is 19.8 Å². The highest BCUT2D eigenvalue weighted by Gasteiger charge is 2.25. The Morgan fingerprint density at radius 1 is 0.566 bits per heavy atom. The molecule has 0 aliphatic rings. The molecule has 0 radical (unpaired) electrons. The molecule has 0 saturated carbocycles. The maximum Gasteiger partial charge on any atom is 0.472 e. The third-order valence-electron chi connectivity index (χ3n) is 8.38. The van der Waals surface area contributed by atoms with Crippen LogP contribution in [-0.2, 0) is 32.7 Å². The zero-order chi connectivity index (χ0) is 38.9. The lowest BCUT2D eigenvalue weighted by Crippen LogP contribution is -2.29. The first-order chi connectivity index (χ1) is 25.8. The minimum Gasteiger partial charge on any atom is -0.462 e. The number of phosphoric acid groups is 1. The zero-order valence-corrected chi connectivity index (χ0v) is 34.4. The van der Waals surface area contributed by atoms with E-state index in [0.29, 0.717) is 12.8 Å². The highest BCUT2D eigenvalue weighted by atomic mass is 31.2. The van der Waals surface area contributed by atoms with Gasteiger partial charge >= 0.3 is 19.8 Å². The first-order valence-electron chi connectivity index (χ1n) is 20.8. The number of rotatable bonds is 38. The molecule has 0 heterocycles. The van der Waals surface area contributed by atoms with E-state index in [9.17, 15) is 19.0 Å². The van der Waals surface area contributed by atoms with Crippen LogP contribution >= 0.6 is 7.82 Å². The van der Waals surface area contributed by atoms with E-state index >= 15 is 0 Å². The first-order valence-corrected chi connectivity index (χ1v) is 22.3. The minimum absolute atomic E-state index is 0.0397. The van der Waals surface area contributed by atoms with Crippen LogP contribution in [0, 0.1) is 0 Å². The van der Waals surface area contributed by atoms with Gasteiger partial charge in [-0.2, -0.15) is 0 Å². The lowest BCUT2D eigenvalue weighted by atomic mass is 10.1. The van der Waals surface area contributed by atoms with Crippen LogP contribution in [0.3, 0.4) is 0 Å². The Kier molecular flexibility index (Phi) is 37.7. The highest BCUT2D eigenvalue weighted by molar-refractivity contribution is 7.47. The topological polar surface area (TPSA) is 134 Å². The fourth-order valence-electron chi connectivity index (χ4n) is 5.27. The normalized spacial score (nSPS) is 14.0. The van der Waals surface area contributed by atoms with Gasteiger partial charge in [-0.15, -0.1) is 0 Å². The van der Waals surface area contributed by atoms with Gasteiger partial charge in [0.25, 0.3) is 0 Å². The summed E-state index contributed by atoms with van der Waals surface area (Å²) in [5.41, 5.74) is 5.33. The van der Waals surface area contributed by atoms with Crippen molar-refractivity contribution in [3.8, 4) is 0 Å². The Hall–Kier alpha value is -2.29. The van der Waals surface area contributed by atoms with Gasteiger partial charge < -0.3 is 20.1 Å². The number of phosphoric ester groups is 1. The van der Waals surface area contributed by atoms with Crippen LogP contribution in [0.15, 0.2) is 60.8 Å². The van der Waals surface area contributed by atoms with E-state index in [0.717, 1.165) is 51.4 Å².